The molecule has 5 nitrogen and oxygen atoms in total. The van der Waals surface area contributed by atoms with E-state index in [4.69, 9.17) is 0 Å². The molecule has 1 fully saturated rings. The van der Waals surface area contributed by atoms with Crippen LogP contribution in [0.3, 0.4) is 0 Å². The summed E-state index contributed by atoms with van der Waals surface area (Å²) in [6.45, 7) is 23.0. The lowest BCUT2D eigenvalue weighted by atomic mass is 10.00. The van der Waals surface area contributed by atoms with Crippen LogP contribution in [0.2, 0.25) is 0 Å². The molecule has 0 saturated carbocycles. The summed E-state index contributed by atoms with van der Waals surface area (Å²) >= 11 is 0. The van der Waals surface area contributed by atoms with Crippen molar-refractivity contribution in [3.8, 4) is 0 Å². The predicted octanol–water partition coefficient (Wildman–Crippen LogP) is 7.13. The molecule has 3 rings (SSSR count). The van der Waals surface area contributed by atoms with Gasteiger partial charge in [0.15, 0.2) is 0 Å². The van der Waals surface area contributed by atoms with Crippen molar-refractivity contribution in [1.82, 2.24) is 20.2 Å². The molecule has 2 heterocycles. The van der Waals surface area contributed by atoms with Gasteiger partial charge < -0.3 is 4.90 Å². The Labute approximate surface area is 199 Å². The molecule has 1 aliphatic rings. The standard InChI is InChI=1S/C23H28FN5.2C2H6/c1-7-18-12-17(5)29(14-18)22-13-21(24)20(11-16(22)4)19(8-2)10-9-15(3)23-25-27-28(6)26-23;2*1-2/h8-11,13,18H,2,5,7,12,14H2,1,3-4,6H3;2*1-2H3/b15-9+,19-10+;;. The number of benzene rings is 1. The normalized spacial score (nSPS) is 16.1. The number of nitrogens with zero attached hydrogens (tertiary/aromatic N) is 5. The van der Waals surface area contributed by atoms with E-state index in [0.29, 0.717) is 22.9 Å². The van der Waals surface area contributed by atoms with Gasteiger partial charge in [-0.25, -0.2) is 4.39 Å². The number of allylic oxidation sites excluding steroid dienone is 6. The predicted molar refractivity (Wildman–Crippen MR) is 139 cm³/mol. The molecule has 1 atom stereocenters. The van der Waals surface area contributed by atoms with Crippen LogP contribution in [0.5, 0.6) is 0 Å². The van der Waals surface area contributed by atoms with E-state index in [1.807, 2.05) is 59.8 Å². The Morgan fingerprint density at radius 2 is 1.88 bits per heavy atom. The second-order valence-electron chi connectivity index (χ2n) is 7.55. The molecular weight excluding hydrogens is 413 g/mol. The van der Waals surface area contributed by atoms with Gasteiger partial charge in [0.05, 0.1) is 7.05 Å². The van der Waals surface area contributed by atoms with Gasteiger partial charge in [-0.15, -0.1) is 10.2 Å². The van der Waals surface area contributed by atoms with Crippen molar-refractivity contribution < 1.29 is 4.39 Å². The third-order valence-corrected chi connectivity index (χ3v) is 5.41. The Kier molecular flexibility index (Phi) is 11.5. The van der Waals surface area contributed by atoms with Gasteiger partial charge in [0.25, 0.3) is 0 Å². The van der Waals surface area contributed by atoms with Crippen molar-refractivity contribution in [2.45, 2.75) is 61.3 Å². The molecule has 0 bridgehead atoms. The van der Waals surface area contributed by atoms with Crippen molar-refractivity contribution >= 4 is 16.8 Å². The molecule has 33 heavy (non-hydrogen) atoms. The molecule has 1 saturated heterocycles. The van der Waals surface area contributed by atoms with Crippen LogP contribution in [0.15, 0.2) is 49.2 Å². The van der Waals surface area contributed by atoms with Crippen LogP contribution >= 0.6 is 0 Å². The second-order valence-corrected chi connectivity index (χ2v) is 7.55. The van der Waals surface area contributed by atoms with E-state index >= 15 is 4.39 Å². The maximum Gasteiger partial charge on any atom is 0.200 e. The molecule has 1 unspecified atom stereocenters. The molecular formula is C27H40FN5. The van der Waals surface area contributed by atoms with Crippen molar-refractivity contribution in [2.24, 2.45) is 13.0 Å². The monoisotopic (exact) mass is 453 g/mol. The first-order valence-corrected chi connectivity index (χ1v) is 11.8. The molecule has 2 aromatic rings. The highest BCUT2D eigenvalue weighted by Gasteiger charge is 2.26. The average Bonchev–Trinajstić information content (AvgIpc) is 3.44. The lowest BCUT2D eigenvalue weighted by Crippen LogP contribution is -2.19. The zero-order chi connectivity index (χ0) is 25.1. The van der Waals surface area contributed by atoms with E-state index in [9.17, 15) is 0 Å². The largest absolute Gasteiger partial charge is 0.345 e. The SMILES string of the molecule is C=C/C(=C\C=C(/C)c1nnn(C)n1)c1cc(C)c(N2CC(CC)CC2=C)cc1F.CC.CC. The number of halogens is 1. The minimum atomic E-state index is -0.270. The van der Waals surface area contributed by atoms with Crippen molar-refractivity contribution in [3.05, 3.63) is 72.0 Å². The highest BCUT2D eigenvalue weighted by Crippen LogP contribution is 2.36. The number of aromatic nitrogens is 4. The fourth-order valence-corrected chi connectivity index (χ4v) is 3.62. The molecule has 0 radical (unpaired) electrons. The third-order valence-electron chi connectivity index (χ3n) is 5.41. The van der Waals surface area contributed by atoms with Gasteiger partial charge in [-0.3, -0.25) is 0 Å². The molecule has 1 aromatic heterocycles. The molecule has 1 aromatic carbocycles. The molecule has 180 valence electrons. The number of aryl methyl sites for hydroxylation is 2. The topological polar surface area (TPSA) is 46.8 Å². The van der Waals surface area contributed by atoms with Crippen LogP contribution in [-0.4, -0.2) is 26.8 Å². The summed E-state index contributed by atoms with van der Waals surface area (Å²) in [5.41, 5.74) is 5.03. The lowest BCUT2D eigenvalue weighted by molar-refractivity contribution is 0.575. The molecule has 0 amide bonds. The highest BCUT2D eigenvalue weighted by molar-refractivity contribution is 5.79. The number of hydrogen-bond donors (Lipinski definition) is 0. The number of anilines is 1. The summed E-state index contributed by atoms with van der Waals surface area (Å²) in [4.78, 5) is 3.55. The van der Waals surface area contributed by atoms with Gasteiger partial charge in [0.1, 0.15) is 5.82 Å². The van der Waals surface area contributed by atoms with E-state index in [1.165, 1.54) is 4.80 Å². The van der Waals surface area contributed by atoms with Crippen molar-refractivity contribution in [3.63, 3.8) is 0 Å². The summed E-state index contributed by atoms with van der Waals surface area (Å²) in [6.07, 6.45) is 7.42. The molecule has 0 N–H and O–H groups in total. The smallest absolute Gasteiger partial charge is 0.200 e. The summed E-state index contributed by atoms with van der Waals surface area (Å²) in [6, 6.07) is 3.50. The molecule has 0 spiro atoms. The first kappa shape index (κ1) is 28.0. The fraction of sp³-hybridized carbons (Fsp3) is 0.444. The van der Waals surface area contributed by atoms with E-state index in [-0.39, 0.29) is 5.82 Å². The quantitative estimate of drug-likeness (QED) is 0.436. The van der Waals surface area contributed by atoms with Crippen LogP contribution in [0.25, 0.3) is 11.1 Å². The minimum absolute atomic E-state index is 0.270. The summed E-state index contributed by atoms with van der Waals surface area (Å²) < 4.78 is 15.1. The second kappa shape index (κ2) is 13.5. The van der Waals surface area contributed by atoms with E-state index < -0.39 is 0 Å². The molecule has 0 aliphatic carbocycles. The Bertz CT molecular complexity index is 1000. The number of tetrazole rings is 1. The van der Waals surface area contributed by atoms with Gasteiger partial charge in [0, 0.05) is 23.5 Å². The first-order chi connectivity index (χ1) is 15.8. The third kappa shape index (κ3) is 6.98. The van der Waals surface area contributed by atoms with Gasteiger partial charge in [0.2, 0.25) is 5.82 Å². The van der Waals surface area contributed by atoms with Crippen molar-refractivity contribution in [2.75, 3.05) is 11.4 Å². The lowest BCUT2D eigenvalue weighted by Gasteiger charge is -2.23. The first-order valence-electron chi connectivity index (χ1n) is 11.8. The Balaban J connectivity index is 0.00000129. The van der Waals surface area contributed by atoms with E-state index in [1.54, 1.807) is 19.2 Å². The van der Waals surface area contributed by atoms with Crippen LogP contribution < -0.4 is 4.90 Å². The Hall–Kier alpha value is -3.02. The van der Waals surface area contributed by atoms with Gasteiger partial charge in [-0.2, -0.15) is 4.80 Å². The zero-order valence-corrected chi connectivity index (χ0v) is 21.6. The number of rotatable bonds is 6. The average molecular weight is 454 g/mol. The summed E-state index contributed by atoms with van der Waals surface area (Å²) in [7, 11) is 1.71. The molecule has 6 heteroatoms. The Morgan fingerprint density at radius 3 is 2.39 bits per heavy atom. The van der Waals surface area contributed by atoms with Crippen LogP contribution in [0.4, 0.5) is 10.1 Å². The number of hydrogen-bond acceptors (Lipinski definition) is 4. The molecule has 1 aliphatic heterocycles. The van der Waals surface area contributed by atoms with Gasteiger partial charge in [-0.1, -0.05) is 72.4 Å². The Morgan fingerprint density at radius 1 is 1.21 bits per heavy atom. The maximum absolute atomic E-state index is 15.1. The highest BCUT2D eigenvalue weighted by atomic mass is 19.1. The zero-order valence-electron chi connectivity index (χ0n) is 21.6. The van der Waals surface area contributed by atoms with Crippen LogP contribution in [0.1, 0.15) is 71.3 Å². The fourth-order valence-electron chi connectivity index (χ4n) is 3.62. The van der Waals surface area contributed by atoms with Crippen molar-refractivity contribution in [1.29, 1.82) is 0 Å². The minimum Gasteiger partial charge on any atom is -0.345 e. The summed E-state index contributed by atoms with van der Waals surface area (Å²) in [5, 5.41) is 12.0. The van der Waals surface area contributed by atoms with Gasteiger partial charge >= 0.3 is 0 Å². The van der Waals surface area contributed by atoms with Crippen LogP contribution in [-0.2, 0) is 7.05 Å². The maximum atomic E-state index is 15.1. The van der Waals surface area contributed by atoms with Gasteiger partial charge in [-0.05, 0) is 60.2 Å². The van der Waals surface area contributed by atoms with Crippen LogP contribution in [0, 0.1) is 18.7 Å². The van der Waals surface area contributed by atoms with E-state index in [0.717, 1.165) is 41.9 Å². The summed E-state index contributed by atoms with van der Waals surface area (Å²) in [5.74, 6) is 0.849. The van der Waals surface area contributed by atoms with E-state index in [2.05, 4.69) is 40.4 Å².